The highest BCUT2D eigenvalue weighted by Crippen LogP contribution is 2.20. The van der Waals surface area contributed by atoms with Gasteiger partial charge in [0.1, 0.15) is 5.76 Å². The number of aryl methyl sites for hydroxylation is 1. The van der Waals surface area contributed by atoms with Crippen LogP contribution in [0.15, 0.2) is 76.2 Å². The van der Waals surface area contributed by atoms with E-state index in [1.807, 2.05) is 37.3 Å². The van der Waals surface area contributed by atoms with E-state index >= 15 is 0 Å². The largest absolute Gasteiger partial charge is 0.467 e. The van der Waals surface area contributed by atoms with Gasteiger partial charge in [0.2, 0.25) is 15.9 Å². The van der Waals surface area contributed by atoms with E-state index < -0.39 is 15.9 Å². The van der Waals surface area contributed by atoms with Crippen molar-refractivity contribution in [1.29, 1.82) is 5.26 Å². The van der Waals surface area contributed by atoms with Crippen molar-refractivity contribution < 1.29 is 17.6 Å². The normalized spacial score (nSPS) is 11.3. The van der Waals surface area contributed by atoms with Gasteiger partial charge in [-0.25, -0.2) is 8.42 Å². The summed E-state index contributed by atoms with van der Waals surface area (Å²) in [6.45, 7) is 1.77. The first-order valence-electron chi connectivity index (χ1n) is 9.17. The average Bonchev–Trinajstić information content (AvgIpc) is 3.26. The Labute approximate surface area is 175 Å². The Kier molecular flexibility index (Phi) is 6.35. The zero-order valence-corrected chi connectivity index (χ0v) is 17.5. The molecule has 0 saturated carbocycles. The Bertz CT molecular complexity index is 1150. The number of hydrogen-bond acceptors (Lipinski definition) is 5. The van der Waals surface area contributed by atoms with Gasteiger partial charge < -0.3 is 9.32 Å². The summed E-state index contributed by atoms with van der Waals surface area (Å²) >= 11 is 0. The van der Waals surface area contributed by atoms with Gasteiger partial charge in [-0.1, -0.05) is 17.7 Å². The van der Waals surface area contributed by atoms with E-state index in [1.165, 1.54) is 42.5 Å². The molecule has 0 bridgehead atoms. The lowest BCUT2D eigenvalue weighted by Gasteiger charge is -2.25. The minimum Gasteiger partial charge on any atom is -0.467 e. The van der Waals surface area contributed by atoms with Crippen molar-refractivity contribution in [3.05, 3.63) is 83.8 Å². The Balaban J connectivity index is 1.83. The van der Waals surface area contributed by atoms with Crippen LogP contribution in [0.4, 0.5) is 5.69 Å². The molecule has 1 aromatic heterocycles. The summed E-state index contributed by atoms with van der Waals surface area (Å²) in [6.07, 6.45) is 1.52. The van der Waals surface area contributed by atoms with Crippen molar-refractivity contribution >= 4 is 21.6 Å². The quantitative estimate of drug-likeness (QED) is 0.581. The van der Waals surface area contributed by atoms with Gasteiger partial charge in [-0.15, -0.1) is 0 Å². The van der Waals surface area contributed by atoms with Crippen molar-refractivity contribution in [2.45, 2.75) is 18.4 Å². The van der Waals surface area contributed by atoms with Crippen molar-refractivity contribution in [2.24, 2.45) is 0 Å². The molecular weight excluding hydrogens is 402 g/mol. The molecule has 8 heteroatoms. The number of amides is 1. The lowest BCUT2D eigenvalue weighted by atomic mass is 10.2. The third-order valence-electron chi connectivity index (χ3n) is 4.59. The molecule has 0 fully saturated rings. The summed E-state index contributed by atoms with van der Waals surface area (Å²) in [5, 5.41) is 8.88. The van der Waals surface area contributed by atoms with E-state index in [2.05, 4.69) is 0 Å². The van der Waals surface area contributed by atoms with Crippen molar-refractivity contribution in [1.82, 2.24) is 4.31 Å². The molecule has 0 unspecified atom stereocenters. The fourth-order valence-corrected chi connectivity index (χ4v) is 3.97. The second kappa shape index (κ2) is 8.95. The summed E-state index contributed by atoms with van der Waals surface area (Å²) in [5.74, 6) is 0.191. The Morgan fingerprint density at radius 2 is 1.73 bits per heavy atom. The first-order chi connectivity index (χ1) is 14.3. The van der Waals surface area contributed by atoms with E-state index in [1.54, 1.807) is 12.1 Å². The number of sulfonamides is 1. The third-order valence-corrected chi connectivity index (χ3v) is 6.41. The average molecular weight is 423 g/mol. The van der Waals surface area contributed by atoms with Gasteiger partial charge in [-0.05, 0) is 55.5 Å². The van der Waals surface area contributed by atoms with E-state index in [4.69, 9.17) is 9.68 Å². The number of anilines is 1. The molecule has 2 aromatic carbocycles. The molecule has 3 aromatic rings. The fourth-order valence-electron chi connectivity index (χ4n) is 2.85. The molecule has 0 aliphatic carbocycles. The number of nitrogens with zero attached hydrogens (tertiary/aromatic N) is 3. The van der Waals surface area contributed by atoms with Crippen molar-refractivity contribution in [2.75, 3.05) is 18.5 Å². The predicted molar refractivity (Wildman–Crippen MR) is 112 cm³/mol. The topological polar surface area (TPSA) is 94.6 Å². The second-order valence-electron chi connectivity index (χ2n) is 6.79. The van der Waals surface area contributed by atoms with Crippen LogP contribution in [0.2, 0.25) is 0 Å². The van der Waals surface area contributed by atoms with Gasteiger partial charge in [0, 0.05) is 12.7 Å². The summed E-state index contributed by atoms with van der Waals surface area (Å²) in [6, 6.07) is 18.4. The smallest absolute Gasteiger partial charge is 0.243 e. The third kappa shape index (κ3) is 4.76. The number of benzene rings is 2. The van der Waals surface area contributed by atoms with Crippen LogP contribution in [0.25, 0.3) is 0 Å². The molecule has 1 heterocycles. The molecule has 1 amide bonds. The van der Waals surface area contributed by atoms with E-state index in [-0.39, 0.29) is 18.0 Å². The Morgan fingerprint density at radius 3 is 2.30 bits per heavy atom. The molecular formula is C22H21N3O4S. The zero-order chi connectivity index (χ0) is 21.7. The molecule has 3 rings (SSSR count). The maximum absolute atomic E-state index is 13.1. The zero-order valence-electron chi connectivity index (χ0n) is 16.6. The highest BCUT2D eigenvalue weighted by Gasteiger charge is 2.26. The second-order valence-corrected chi connectivity index (χ2v) is 8.84. The maximum atomic E-state index is 13.1. The summed E-state index contributed by atoms with van der Waals surface area (Å²) < 4.78 is 32.1. The minimum absolute atomic E-state index is 0.0183. The van der Waals surface area contributed by atoms with Gasteiger partial charge >= 0.3 is 0 Å². The van der Waals surface area contributed by atoms with Crippen LogP contribution >= 0.6 is 0 Å². The molecule has 0 atom stereocenters. The van der Waals surface area contributed by atoms with Crippen LogP contribution in [-0.4, -0.2) is 32.2 Å². The molecule has 0 aliphatic rings. The Morgan fingerprint density at radius 1 is 1.07 bits per heavy atom. The molecule has 0 N–H and O–H groups in total. The van der Waals surface area contributed by atoms with Gasteiger partial charge in [-0.3, -0.25) is 4.79 Å². The van der Waals surface area contributed by atoms with E-state index in [0.717, 1.165) is 9.87 Å². The van der Waals surface area contributed by atoms with E-state index in [0.29, 0.717) is 17.0 Å². The predicted octanol–water partition coefficient (Wildman–Crippen LogP) is 3.31. The van der Waals surface area contributed by atoms with Crippen LogP contribution in [0.1, 0.15) is 16.9 Å². The molecule has 30 heavy (non-hydrogen) atoms. The summed E-state index contributed by atoms with van der Waals surface area (Å²) in [7, 11) is -2.54. The minimum atomic E-state index is -3.89. The fraction of sp³-hybridized carbons (Fsp3) is 0.182. The van der Waals surface area contributed by atoms with Crippen LogP contribution < -0.4 is 4.90 Å². The van der Waals surface area contributed by atoms with Crippen molar-refractivity contribution in [3.8, 4) is 6.07 Å². The molecule has 7 nitrogen and oxygen atoms in total. The summed E-state index contributed by atoms with van der Waals surface area (Å²) in [5.41, 5.74) is 2.05. The molecule has 0 saturated heterocycles. The first-order valence-corrected chi connectivity index (χ1v) is 10.6. The van der Waals surface area contributed by atoms with Crippen molar-refractivity contribution in [3.63, 3.8) is 0 Å². The monoisotopic (exact) mass is 423 g/mol. The first kappa shape index (κ1) is 21.3. The maximum Gasteiger partial charge on any atom is 0.243 e. The number of hydrogen-bond donors (Lipinski definition) is 0. The lowest BCUT2D eigenvalue weighted by molar-refractivity contribution is -0.118. The summed E-state index contributed by atoms with van der Waals surface area (Å²) in [4.78, 5) is 14.6. The van der Waals surface area contributed by atoms with Gasteiger partial charge in [0.25, 0.3) is 0 Å². The van der Waals surface area contributed by atoms with Crippen LogP contribution in [0.3, 0.4) is 0 Å². The number of furan rings is 1. The van der Waals surface area contributed by atoms with E-state index in [9.17, 15) is 13.2 Å². The Hall–Kier alpha value is -3.41. The van der Waals surface area contributed by atoms with Gasteiger partial charge in [-0.2, -0.15) is 9.57 Å². The SMILES string of the molecule is Cc1ccc(N(Cc2ccco2)C(=O)CN(C)S(=O)(=O)c2ccc(C#N)cc2)cc1. The number of carbonyl (C=O) groups is 1. The molecule has 0 spiro atoms. The molecule has 154 valence electrons. The van der Waals surface area contributed by atoms with Crippen LogP contribution in [-0.2, 0) is 21.4 Å². The number of rotatable bonds is 7. The highest BCUT2D eigenvalue weighted by molar-refractivity contribution is 7.89. The number of carbonyl (C=O) groups excluding carboxylic acids is 1. The molecule has 0 aliphatic heterocycles. The van der Waals surface area contributed by atoms with Gasteiger partial charge in [0.05, 0.1) is 35.9 Å². The lowest BCUT2D eigenvalue weighted by Crippen LogP contribution is -2.41. The number of nitriles is 1. The van der Waals surface area contributed by atoms with Crippen LogP contribution in [0.5, 0.6) is 0 Å². The molecule has 0 radical (unpaired) electrons. The number of likely N-dealkylation sites (N-methyl/N-ethyl adjacent to an activating group) is 1. The highest BCUT2D eigenvalue weighted by atomic mass is 32.2. The van der Waals surface area contributed by atoms with Crippen LogP contribution in [0, 0.1) is 18.3 Å². The standard InChI is InChI=1S/C22H21N3O4S/c1-17-5-9-19(10-6-17)25(15-20-4-3-13-29-20)22(26)16-24(2)30(27,28)21-11-7-18(14-23)8-12-21/h3-13H,15-16H2,1-2H3. The van der Waals surface area contributed by atoms with Gasteiger partial charge in [0.15, 0.2) is 0 Å².